The Balaban J connectivity index is 2.00. The molecule has 0 unspecified atom stereocenters. The number of carbonyl (C=O) groups excluding carboxylic acids is 2. The molecule has 2 amide bonds. The number of hydrazone groups is 1. The monoisotopic (exact) mass is 401 g/mol. The van der Waals surface area contributed by atoms with Gasteiger partial charge in [0.15, 0.2) is 11.5 Å². The van der Waals surface area contributed by atoms with Crippen LogP contribution in [0.3, 0.4) is 0 Å². The fraction of sp³-hybridized carbons (Fsp3) is 0.0625. The summed E-state index contributed by atoms with van der Waals surface area (Å²) in [4.78, 5) is 23.3. The second-order valence-electron chi connectivity index (χ2n) is 5.09. The van der Waals surface area contributed by atoms with E-state index in [4.69, 9.17) is 16.7 Å². The molecule has 2 aromatic rings. The highest BCUT2D eigenvalue weighted by atomic mass is 35.5. The molecule has 0 bridgehead atoms. The molecule has 0 aliphatic carbocycles. The first-order chi connectivity index (χ1) is 12.6. The lowest BCUT2D eigenvalue weighted by Crippen LogP contribution is -2.32. The highest BCUT2D eigenvalue weighted by molar-refractivity contribution is 6.39. The normalized spacial score (nSPS) is 11.4. The van der Waals surface area contributed by atoms with Gasteiger partial charge in [-0.1, -0.05) is 11.6 Å². The fourth-order valence-electron chi connectivity index (χ4n) is 1.85. The first kappa shape index (κ1) is 20.0. The van der Waals surface area contributed by atoms with Crippen molar-refractivity contribution in [2.45, 2.75) is 6.18 Å². The van der Waals surface area contributed by atoms with Crippen LogP contribution < -0.4 is 10.7 Å². The van der Waals surface area contributed by atoms with Gasteiger partial charge in [-0.05, 0) is 42.0 Å². The van der Waals surface area contributed by atoms with E-state index in [1.54, 1.807) is 0 Å². The van der Waals surface area contributed by atoms with Gasteiger partial charge in [-0.15, -0.1) is 0 Å². The van der Waals surface area contributed by atoms with Crippen LogP contribution in [0.1, 0.15) is 11.1 Å². The van der Waals surface area contributed by atoms with E-state index < -0.39 is 34.3 Å². The van der Waals surface area contributed by atoms with E-state index in [2.05, 4.69) is 5.10 Å². The number of phenolic OH excluding ortho intramolecular Hbond substituents is 2. The van der Waals surface area contributed by atoms with Gasteiger partial charge in [0.1, 0.15) is 0 Å². The summed E-state index contributed by atoms with van der Waals surface area (Å²) in [6, 6.07) is 6.34. The van der Waals surface area contributed by atoms with Gasteiger partial charge in [-0.2, -0.15) is 18.3 Å². The molecule has 0 spiro atoms. The molecule has 142 valence electrons. The minimum absolute atomic E-state index is 0.278. The van der Waals surface area contributed by atoms with Crippen LogP contribution in [0.4, 0.5) is 18.9 Å². The molecular formula is C16H11ClF3N3O4. The van der Waals surface area contributed by atoms with Crippen LogP contribution >= 0.6 is 11.6 Å². The molecule has 7 nitrogen and oxygen atoms in total. The lowest BCUT2D eigenvalue weighted by atomic mass is 10.2. The summed E-state index contributed by atoms with van der Waals surface area (Å²) in [5.74, 6) is -3.25. The van der Waals surface area contributed by atoms with Crippen molar-refractivity contribution in [2.24, 2.45) is 5.10 Å². The Hall–Kier alpha value is -3.27. The van der Waals surface area contributed by atoms with Crippen molar-refractivity contribution in [3.63, 3.8) is 0 Å². The molecule has 0 saturated carbocycles. The Kier molecular flexibility index (Phi) is 5.91. The van der Waals surface area contributed by atoms with Crippen LogP contribution in [-0.2, 0) is 15.8 Å². The molecule has 2 rings (SSSR count). The van der Waals surface area contributed by atoms with E-state index in [1.165, 1.54) is 12.1 Å². The third-order valence-corrected chi connectivity index (χ3v) is 3.44. The Morgan fingerprint density at radius 3 is 2.37 bits per heavy atom. The predicted molar refractivity (Wildman–Crippen MR) is 90.6 cm³/mol. The Labute approximate surface area is 155 Å². The maximum absolute atomic E-state index is 12.8. The van der Waals surface area contributed by atoms with Crippen molar-refractivity contribution in [1.29, 1.82) is 0 Å². The number of phenols is 2. The van der Waals surface area contributed by atoms with Gasteiger partial charge < -0.3 is 15.5 Å². The van der Waals surface area contributed by atoms with E-state index in [0.717, 1.165) is 24.4 Å². The number of amides is 2. The van der Waals surface area contributed by atoms with E-state index >= 15 is 0 Å². The van der Waals surface area contributed by atoms with Crippen LogP contribution in [0.2, 0.25) is 5.02 Å². The predicted octanol–water partition coefficient (Wildman–Crippen LogP) is 2.86. The molecule has 0 heterocycles. The van der Waals surface area contributed by atoms with Crippen LogP contribution in [0.25, 0.3) is 0 Å². The van der Waals surface area contributed by atoms with Crippen molar-refractivity contribution in [2.75, 3.05) is 5.32 Å². The van der Waals surface area contributed by atoms with E-state index in [1.807, 2.05) is 10.7 Å². The van der Waals surface area contributed by atoms with Crippen molar-refractivity contribution >= 4 is 35.3 Å². The standard InChI is InChI=1S/C16H11ClF3N3O4/c17-11-3-2-9(6-10(11)16(18,19)20)22-14(26)15(27)23-21-7-8-1-4-12(24)13(25)5-8/h1-7,24-25H,(H,22,26)(H,23,27)/b21-7+. The van der Waals surface area contributed by atoms with Crippen LogP contribution in [0, 0.1) is 0 Å². The van der Waals surface area contributed by atoms with Crippen molar-refractivity contribution < 1.29 is 33.0 Å². The second kappa shape index (κ2) is 7.96. The largest absolute Gasteiger partial charge is 0.504 e. The van der Waals surface area contributed by atoms with Crippen molar-refractivity contribution in [3.8, 4) is 11.5 Å². The molecule has 4 N–H and O–H groups in total. The number of anilines is 1. The molecule has 0 aromatic heterocycles. The molecule has 0 fully saturated rings. The molecule has 11 heteroatoms. The molecular weight excluding hydrogens is 391 g/mol. The minimum Gasteiger partial charge on any atom is -0.504 e. The minimum atomic E-state index is -4.72. The summed E-state index contributed by atoms with van der Waals surface area (Å²) in [5, 5.41) is 23.4. The van der Waals surface area contributed by atoms with Gasteiger partial charge in [0.25, 0.3) is 0 Å². The Morgan fingerprint density at radius 2 is 1.74 bits per heavy atom. The molecule has 0 saturated heterocycles. The average molecular weight is 402 g/mol. The fourth-order valence-corrected chi connectivity index (χ4v) is 2.07. The quantitative estimate of drug-likeness (QED) is 0.274. The van der Waals surface area contributed by atoms with Crippen LogP contribution in [0.15, 0.2) is 41.5 Å². The van der Waals surface area contributed by atoms with Crippen molar-refractivity contribution in [3.05, 3.63) is 52.5 Å². The first-order valence-electron chi connectivity index (χ1n) is 7.11. The highest BCUT2D eigenvalue weighted by Gasteiger charge is 2.33. The number of nitrogens with one attached hydrogen (secondary N) is 2. The van der Waals surface area contributed by atoms with Gasteiger partial charge >= 0.3 is 18.0 Å². The third-order valence-electron chi connectivity index (χ3n) is 3.12. The number of halogens is 4. The highest BCUT2D eigenvalue weighted by Crippen LogP contribution is 2.36. The number of carbonyl (C=O) groups is 2. The van der Waals surface area contributed by atoms with E-state index in [-0.39, 0.29) is 11.4 Å². The molecule has 0 radical (unpaired) electrons. The zero-order chi connectivity index (χ0) is 20.2. The summed E-state index contributed by atoms with van der Waals surface area (Å²) < 4.78 is 38.3. The Bertz CT molecular complexity index is 916. The summed E-state index contributed by atoms with van der Waals surface area (Å²) >= 11 is 5.46. The van der Waals surface area contributed by atoms with Gasteiger partial charge in [-0.25, -0.2) is 5.43 Å². The number of alkyl halides is 3. The number of hydrogen-bond acceptors (Lipinski definition) is 5. The first-order valence-corrected chi connectivity index (χ1v) is 7.49. The number of aromatic hydroxyl groups is 2. The lowest BCUT2D eigenvalue weighted by molar-refractivity contribution is -0.137. The zero-order valence-corrected chi connectivity index (χ0v) is 14.0. The van der Waals surface area contributed by atoms with E-state index in [0.29, 0.717) is 11.6 Å². The zero-order valence-electron chi connectivity index (χ0n) is 13.2. The van der Waals surface area contributed by atoms with Crippen LogP contribution in [0.5, 0.6) is 11.5 Å². The van der Waals surface area contributed by atoms with Crippen molar-refractivity contribution in [1.82, 2.24) is 5.43 Å². The summed E-state index contributed by atoms with van der Waals surface area (Å²) in [6.07, 6.45) is -3.64. The Morgan fingerprint density at radius 1 is 1.04 bits per heavy atom. The summed E-state index contributed by atoms with van der Waals surface area (Å²) in [5.41, 5.74) is 0.734. The van der Waals surface area contributed by atoms with Gasteiger partial charge in [0, 0.05) is 5.69 Å². The molecule has 0 atom stereocenters. The van der Waals surface area contributed by atoms with Crippen LogP contribution in [-0.4, -0.2) is 28.2 Å². The van der Waals surface area contributed by atoms with Gasteiger partial charge in [-0.3, -0.25) is 9.59 Å². The second-order valence-corrected chi connectivity index (χ2v) is 5.50. The van der Waals surface area contributed by atoms with Gasteiger partial charge in [0.2, 0.25) is 0 Å². The number of nitrogens with zero attached hydrogens (tertiary/aromatic N) is 1. The molecule has 27 heavy (non-hydrogen) atoms. The average Bonchev–Trinajstić information content (AvgIpc) is 2.58. The summed E-state index contributed by atoms with van der Waals surface area (Å²) in [6.45, 7) is 0. The maximum Gasteiger partial charge on any atom is 0.417 e. The topological polar surface area (TPSA) is 111 Å². The van der Waals surface area contributed by atoms with Gasteiger partial charge in [0.05, 0.1) is 16.8 Å². The third kappa shape index (κ3) is 5.35. The molecule has 0 aliphatic heterocycles. The molecule has 2 aromatic carbocycles. The smallest absolute Gasteiger partial charge is 0.417 e. The maximum atomic E-state index is 12.8. The number of rotatable bonds is 3. The lowest BCUT2D eigenvalue weighted by Gasteiger charge is -2.11. The summed E-state index contributed by atoms with van der Waals surface area (Å²) in [7, 11) is 0. The van der Waals surface area contributed by atoms with E-state index in [9.17, 15) is 27.9 Å². The number of benzene rings is 2. The SMILES string of the molecule is O=C(N/N=C/c1ccc(O)c(O)c1)C(=O)Nc1ccc(Cl)c(C(F)(F)F)c1. The molecule has 0 aliphatic rings. The number of hydrogen-bond donors (Lipinski definition) is 4.